The van der Waals surface area contributed by atoms with Crippen molar-refractivity contribution in [2.45, 2.75) is 148 Å². The Bertz CT molecular complexity index is 1760. The van der Waals surface area contributed by atoms with Gasteiger partial charge < -0.3 is 36.0 Å². The fraction of sp³-hybridized carbons (Fsp3) is 0.690. The van der Waals surface area contributed by atoms with Crippen molar-refractivity contribution in [1.29, 1.82) is 0 Å². The monoisotopic (exact) mass is 903 g/mol. The molecule has 19 heteroatoms. The topological polar surface area (TPSA) is 177 Å². The molecule has 14 nitrogen and oxygen atoms in total. The van der Waals surface area contributed by atoms with E-state index < -0.39 is 83.3 Å². The maximum atomic E-state index is 14.4. The zero-order valence-electron chi connectivity index (χ0n) is 36.3. The van der Waals surface area contributed by atoms with Gasteiger partial charge in [-0.05, 0) is 88.5 Å². The molecule has 1 heterocycles. The zero-order valence-corrected chi connectivity index (χ0v) is 37.9. The SMILES string of the molecule is CC[C@H]1NC(=O)[C@H](Cc2cc(Cl)ccc2Cl)N(C)C(=O)[C@H](CC(C)C)NC(=O)[C@@H](N(C)C(=O)[C@H](C)NC(=O)[C@H](C)NC(=O)C2(C(F)(F)F)CCCCC2)CCCCN(C)C1=O. The summed E-state index contributed by atoms with van der Waals surface area (Å²) in [6, 6.07) is -2.45. The lowest BCUT2D eigenvalue weighted by Crippen LogP contribution is -2.60. The molecule has 61 heavy (non-hydrogen) atoms. The van der Waals surface area contributed by atoms with Crippen LogP contribution < -0.4 is 21.3 Å². The molecule has 2 aliphatic rings. The van der Waals surface area contributed by atoms with Crippen LogP contribution in [0.4, 0.5) is 13.2 Å². The highest BCUT2D eigenvalue weighted by Gasteiger charge is 2.60. The summed E-state index contributed by atoms with van der Waals surface area (Å²) in [4.78, 5) is 100. The molecule has 0 unspecified atom stereocenters. The van der Waals surface area contributed by atoms with Gasteiger partial charge in [0.05, 0.1) is 0 Å². The van der Waals surface area contributed by atoms with Gasteiger partial charge in [0.1, 0.15) is 41.7 Å². The van der Waals surface area contributed by atoms with Crippen molar-refractivity contribution < 1.29 is 46.7 Å². The highest BCUT2D eigenvalue weighted by molar-refractivity contribution is 6.33. The molecule has 1 aromatic rings. The Morgan fingerprint density at radius 1 is 0.885 bits per heavy atom. The summed E-state index contributed by atoms with van der Waals surface area (Å²) in [5, 5.41) is 11.0. The average Bonchev–Trinajstić information content (AvgIpc) is 3.20. The molecule has 1 aliphatic carbocycles. The van der Waals surface area contributed by atoms with Gasteiger partial charge in [-0.3, -0.25) is 33.6 Å². The summed E-state index contributed by atoms with van der Waals surface area (Å²) >= 11 is 12.8. The molecule has 4 N–H and O–H groups in total. The van der Waals surface area contributed by atoms with Crippen LogP contribution in [0.3, 0.4) is 0 Å². The number of nitrogens with one attached hydrogen (secondary N) is 4. The number of hydrogen-bond donors (Lipinski definition) is 4. The largest absolute Gasteiger partial charge is 0.403 e. The lowest BCUT2D eigenvalue weighted by atomic mass is 9.72. The number of alkyl halides is 3. The minimum Gasteiger partial charge on any atom is -0.344 e. The van der Waals surface area contributed by atoms with Crippen LogP contribution in [0.25, 0.3) is 0 Å². The number of rotatable bonds is 11. The summed E-state index contributed by atoms with van der Waals surface area (Å²) in [5.74, 6) is -5.34. The van der Waals surface area contributed by atoms with Gasteiger partial charge in [0.25, 0.3) is 0 Å². The summed E-state index contributed by atoms with van der Waals surface area (Å²) < 4.78 is 42.5. The van der Waals surface area contributed by atoms with E-state index in [0.29, 0.717) is 34.9 Å². The fourth-order valence-electron chi connectivity index (χ4n) is 7.90. The normalized spacial score (nSPS) is 23.4. The summed E-state index contributed by atoms with van der Waals surface area (Å²) in [6.07, 6.45) is -3.44. The first-order valence-electron chi connectivity index (χ1n) is 21.0. The minimum absolute atomic E-state index is 0.0781. The minimum atomic E-state index is -4.82. The van der Waals surface area contributed by atoms with Gasteiger partial charge in [0, 0.05) is 44.2 Å². The van der Waals surface area contributed by atoms with Crippen LogP contribution in [0, 0.1) is 11.3 Å². The lowest BCUT2D eigenvalue weighted by molar-refractivity contribution is -0.230. The van der Waals surface area contributed by atoms with Crippen molar-refractivity contribution in [3.8, 4) is 0 Å². The number of halogens is 5. The maximum Gasteiger partial charge on any atom is 0.403 e. The molecule has 342 valence electrons. The van der Waals surface area contributed by atoms with Gasteiger partial charge in [-0.15, -0.1) is 0 Å². The number of carbonyl (C=O) groups excluding carboxylic acids is 7. The first-order chi connectivity index (χ1) is 28.4. The molecule has 0 aromatic heterocycles. The molecule has 0 bridgehead atoms. The van der Waals surface area contributed by atoms with Gasteiger partial charge in [0.2, 0.25) is 41.4 Å². The third kappa shape index (κ3) is 13.2. The maximum absolute atomic E-state index is 14.4. The molecule has 1 aromatic carbocycles. The van der Waals surface area contributed by atoms with E-state index in [2.05, 4.69) is 21.3 Å². The first-order valence-corrected chi connectivity index (χ1v) is 21.7. The van der Waals surface area contributed by atoms with Gasteiger partial charge >= 0.3 is 6.18 Å². The number of nitrogens with zero attached hydrogens (tertiary/aromatic N) is 3. The second-order valence-electron chi connectivity index (χ2n) is 16.9. The lowest BCUT2D eigenvalue weighted by Gasteiger charge is -2.38. The van der Waals surface area contributed by atoms with E-state index in [4.69, 9.17) is 23.2 Å². The van der Waals surface area contributed by atoms with E-state index in [0.717, 1.165) is 4.90 Å². The first kappa shape index (κ1) is 51.2. The van der Waals surface area contributed by atoms with Crippen LogP contribution in [0.5, 0.6) is 0 Å². The van der Waals surface area contributed by atoms with E-state index in [9.17, 15) is 46.7 Å². The highest BCUT2D eigenvalue weighted by atomic mass is 35.5. The molecule has 1 saturated heterocycles. The Labute approximate surface area is 366 Å². The number of likely N-dealkylation sites (N-methyl/N-ethyl adjacent to an activating group) is 3. The highest BCUT2D eigenvalue weighted by Crippen LogP contribution is 2.49. The van der Waals surface area contributed by atoms with Crippen molar-refractivity contribution in [3.05, 3.63) is 33.8 Å². The Morgan fingerprint density at radius 2 is 1.51 bits per heavy atom. The van der Waals surface area contributed by atoms with Crippen molar-refractivity contribution in [2.75, 3.05) is 27.7 Å². The van der Waals surface area contributed by atoms with E-state index in [1.54, 1.807) is 32.2 Å². The summed E-state index contributed by atoms with van der Waals surface area (Å²) in [7, 11) is 4.36. The quantitative estimate of drug-likeness (QED) is 0.247. The van der Waals surface area contributed by atoms with Crippen LogP contribution in [0.2, 0.25) is 10.0 Å². The van der Waals surface area contributed by atoms with Crippen LogP contribution in [0.15, 0.2) is 18.2 Å². The van der Waals surface area contributed by atoms with Crippen molar-refractivity contribution in [3.63, 3.8) is 0 Å². The third-order valence-electron chi connectivity index (χ3n) is 11.8. The molecule has 1 saturated carbocycles. The van der Waals surface area contributed by atoms with Gasteiger partial charge in [-0.25, -0.2) is 0 Å². The zero-order chi connectivity index (χ0) is 46.0. The second kappa shape index (κ2) is 22.3. The van der Waals surface area contributed by atoms with Crippen LogP contribution in [0.1, 0.15) is 104 Å². The summed E-state index contributed by atoms with van der Waals surface area (Å²) in [5.41, 5.74) is -2.14. The van der Waals surface area contributed by atoms with Gasteiger partial charge in [-0.2, -0.15) is 13.2 Å². The molecule has 6 atom stereocenters. The molecule has 7 amide bonds. The number of benzene rings is 1. The van der Waals surface area contributed by atoms with Crippen molar-refractivity contribution >= 4 is 64.6 Å². The van der Waals surface area contributed by atoms with Crippen molar-refractivity contribution in [2.24, 2.45) is 11.3 Å². The second-order valence-corrected chi connectivity index (χ2v) is 17.7. The van der Waals surface area contributed by atoms with Crippen molar-refractivity contribution in [1.82, 2.24) is 36.0 Å². The summed E-state index contributed by atoms with van der Waals surface area (Å²) in [6.45, 7) is 8.27. The standard InChI is InChI=1S/C42H62Cl2F3N7O7/c1-9-30-38(59)52(6)20-14-11-15-32(53(7)37(58)26(5)48-34(55)25(4)49-40(61)41(42(45,46)47)18-12-10-13-19-41)35(56)51-31(21-24(2)3)39(60)54(8)33(36(57)50-30)23-27-22-28(43)16-17-29(27)44/h16-17,22,24-26,30-33H,9-15,18-21,23H2,1-8H3,(H,48,55)(H,49,61)(H,50,57)(H,51,56)/t25-,26-,30+,31-,32-,33-/m0/s1. The average molecular weight is 905 g/mol. The van der Waals surface area contributed by atoms with E-state index >= 15 is 0 Å². The van der Waals surface area contributed by atoms with Crippen LogP contribution >= 0.6 is 23.2 Å². The van der Waals surface area contributed by atoms with Gasteiger partial charge in [-0.1, -0.05) is 63.2 Å². The predicted octanol–water partition coefficient (Wildman–Crippen LogP) is 4.78. The van der Waals surface area contributed by atoms with E-state index in [1.165, 1.54) is 37.7 Å². The van der Waals surface area contributed by atoms with E-state index in [1.807, 2.05) is 13.8 Å². The molecule has 2 fully saturated rings. The molecule has 1 aliphatic heterocycles. The molecular formula is C42H62Cl2F3N7O7. The Kier molecular flexibility index (Phi) is 18.7. The number of carbonyl (C=O) groups is 7. The molecular weight excluding hydrogens is 842 g/mol. The molecule has 3 rings (SSSR count). The van der Waals surface area contributed by atoms with Gasteiger partial charge in [0.15, 0.2) is 0 Å². The Hall–Kier alpha value is -4.12. The third-order valence-corrected chi connectivity index (χ3v) is 12.4. The number of amides is 7. The van der Waals surface area contributed by atoms with Crippen LogP contribution in [-0.2, 0) is 40.0 Å². The van der Waals surface area contributed by atoms with Crippen LogP contribution in [-0.4, -0.2) is 126 Å². The fourth-order valence-corrected chi connectivity index (χ4v) is 8.29. The molecule has 0 spiro atoms. The Balaban J connectivity index is 1.92. The Morgan fingerprint density at radius 3 is 2.10 bits per heavy atom. The van der Waals surface area contributed by atoms with E-state index in [-0.39, 0.29) is 69.7 Å². The smallest absolute Gasteiger partial charge is 0.344 e. The predicted molar refractivity (Wildman–Crippen MR) is 225 cm³/mol. The molecule has 0 radical (unpaired) electrons. The number of hydrogen-bond acceptors (Lipinski definition) is 7.